The molecule has 1 aromatic carbocycles. The van der Waals surface area contributed by atoms with Gasteiger partial charge in [-0.3, -0.25) is 9.69 Å². The molecule has 0 heterocycles. The monoisotopic (exact) mass is 305 g/mol. The number of nitrogens with one attached hydrogen (secondary N) is 1. The molecule has 1 amide bonds. The molecular formula is C16H23N3OS. The number of carbonyl (C=O) groups excluding carboxylic acids is 1. The predicted molar refractivity (Wildman–Crippen MR) is 89.2 cm³/mol. The van der Waals surface area contributed by atoms with Gasteiger partial charge in [-0.1, -0.05) is 42.5 Å². The van der Waals surface area contributed by atoms with E-state index in [2.05, 4.69) is 24.2 Å². The van der Waals surface area contributed by atoms with E-state index in [1.807, 2.05) is 30.3 Å². The van der Waals surface area contributed by atoms with Gasteiger partial charge >= 0.3 is 0 Å². The van der Waals surface area contributed by atoms with Crippen LogP contribution in [0.2, 0.25) is 0 Å². The summed E-state index contributed by atoms with van der Waals surface area (Å²) in [6.45, 7) is 2.73. The van der Waals surface area contributed by atoms with E-state index in [0.717, 1.165) is 5.56 Å². The number of nitrogens with zero attached hydrogens (tertiary/aromatic N) is 1. The molecule has 114 valence electrons. The number of amides is 1. The molecule has 5 heteroatoms. The Kier molecular flexibility index (Phi) is 5.31. The number of hydrogen-bond acceptors (Lipinski definition) is 3. The van der Waals surface area contributed by atoms with E-state index >= 15 is 0 Å². The number of thiocarbonyl (C=S) groups is 1. The molecule has 0 radical (unpaired) electrons. The van der Waals surface area contributed by atoms with E-state index in [1.165, 1.54) is 12.8 Å². The van der Waals surface area contributed by atoms with Crippen molar-refractivity contribution in [2.75, 3.05) is 13.6 Å². The van der Waals surface area contributed by atoms with Crippen molar-refractivity contribution < 1.29 is 4.79 Å². The third-order valence-electron chi connectivity index (χ3n) is 4.07. The van der Waals surface area contributed by atoms with E-state index < -0.39 is 5.92 Å². The molecular weight excluding hydrogens is 282 g/mol. The highest BCUT2D eigenvalue weighted by Crippen LogP contribution is 2.26. The number of benzene rings is 1. The molecule has 0 aromatic heterocycles. The maximum absolute atomic E-state index is 12.4. The minimum atomic E-state index is -0.556. The summed E-state index contributed by atoms with van der Waals surface area (Å²) in [6.07, 6.45) is 2.52. The first kappa shape index (κ1) is 15.9. The largest absolute Gasteiger partial charge is 0.392 e. The van der Waals surface area contributed by atoms with E-state index in [1.54, 1.807) is 0 Å². The number of rotatable bonds is 7. The van der Waals surface area contributed by atoms with Gasteiger partial charge in [0.15, 0.2) is 0 Å². The number of likely N-dealkylation sites (N-methyl/N-ethyl adjacent to an activating group) is 1. The highest BCUT2D eigenvalue weighted by molar-refractivity contribution is 7.80. The summed E-state index contributed by atoms with van der Waals surface area (Å²) in [4.78, 5) is 14.9. The molecule has 0 aliphatic heterocycles. The summed E-state index contributed by atoms with van der Waals surface area (Å²) in [5, 5.41) is 2.98. The second-order valence-corrected chi connectivity index (χ2v) is 6.21. The molecule has 2 unspecified atom stereocenters. The van der Waals surface area contributed by atoms with Crippen LogP contribution >= 0.6 is 12.2 Å². The molecule has 21 heavy (non-hydrogen) atoms. The van der Waals surface area contributed by atoms with Crippen molar-refractivity contribution >= 4 is 23.1 Å². The lowest BCUT2D eigenvalue weighted by molar-refractivity contribution is -0.121. The van der Waals surface area contributed by atoms with Crippen LogP contribution in [0.3, 0.4) is 0 Å². The Labute approximate surface area is 131 Å². The summed E-state index contributed by atoms with van der Waals surface area (Å²) in [6, 6.07) is 10.4. The normalized spacial score (nSPS) is 17.3. The first-order chi connectivity index (χ1) is 10.0. The smallest absolute Gasteiger partial charge is 0.234 e. The molecule has 4 nitrogen and oxygen atoms in total. The van der Waals surface area contributed by atoms with Crippen molar-refractivity contribution in [1.29, 1.82) is 0 Å². The third kappa shape index (κ3) is 4.25. The van der Waals surface area contributed by atoms with Crippen LogP contribution < -0.4 is 11.1 Å². The fraction of sp³-hybridized carbons (Fsp3) is 0.500. The predicted octanol–water partition coefficient (Wildman–Crippen LogP) is 1.66. The zero-order valence-corrected chi connectivity index (χ0v) is 13.4. The molecule has 2 rings (SSSR count). The van der Waals surface area contributed by atoms with E-state index in [-0.39, 0.29) is 10.9 Å². The van der Waals surface area contributed by atoms with E-state index in [0.29, 0.717) is 18.6 Å². The van der Waals surface area contributed by atoms with Crippen LogP contribution in [-0.2, 0) is 4.79 Å². The van der Waals surface area contributed by atoms with Gasteiger partial charge in [-0.2, -0.15) is 0 Å². The summed E-state index contributed by atoms with van der Waals surface area (Å²) < 4.78 is 0. The molecule has 1 fully saturated rings. The lowest BCUT2D eigenvalue weighted by atomic mass is 9.98. The third-order valence-corrected chi connectivity index (χ3v) is 4.31. The fourth-order valence-electron chi connectivity index (χ4n) is 2.43. The second-order valence-electron chi connectivity index (χ2n) is 5.74. The van der Waals surface area contributed by atoms with E-state index in [4.69, 9.17) is 18.0 Å². The van der Waals surface area contributed by atoms with Gasteiger partial charge in [-0.05, 0) is 32.4 Å². The van der Waals surface area contributed by atoms with Crippen LogP contribution in [0.5, 0.6) is 0 Å². The Bertz CT molecular complexity index is 502. The average Bonchev–Trinajstić information content (AvgIpc) is 3.29. The number of hydrogen-bond donors (Lipinski definition) is 2. The van der Waals surface area contributed by atoms with Crippen LogP contribution in [0.4, 0.5) is 0 Å². The van der Waals surface area contributed by atoms with Crippen LogP contribution in [0.1, 0.15) is 31.2 Å². The van der Waals surface area contributed by atoms with Crippen molar-refractivity contribution in [3.63, 3.8) is 0 Å². The van der Waals surface area contributed by atoms with Crippen LogP contribution in [0.25, 0.3) is 0 Å². The molecule has 1 saturated carbocycles. The molecule has 1 aliphatic rings. The summed E-state index contributed by atoms with van der Waals surface area (Å²) in [5.41, 5.74) is 6.59. The Morgan fingerprint density at radius 3 is 2.57 bits per heavy atom. The lowest BCUT2D eigenvalue weighted by Crippen LogP contribution is -2.44. The first-order valence-electron chi connectivity index (χ1n) is 7.34. The van der Waals surface area contributed by atoms with Gasteiger partial charge < -0.3 is 11.1 Å². The number of carbonyl (C=O) groups is 1. The minimum Gasteiger partial charge on any atom is -0.392 e. The van der Waals surface area contributed by atoms with Crippen molar-refractivity contribution in [2.24, 2.45) is 5.73 Å². The highest BCUT2D eigenvalue weighted by Gasteiger charge is 2.30. The van der Waals surface area contributed by atoms with Gasteiger partial charge in [0.1, 0.15) is 5.92 Å². The van der Waals surface area contributed by atoms with Crippen molar-refractivity contribution in [2.45, 2.75) is 37.8 Å². The van der Waals surface area contributed by atoms with Gasteiger partial charge in [0.2, 0.25) is 5.91 Å². The zero-order chi connectivity index (χ0) is 15.4. The van der Waals surface area contributed by atoms with E-state index in [9.17, 15) is 4.79 Å². The Hall–Kier alpha value is -1.46. The molecule has 2 atom stereocenters. The molecule has 3 N–H and O–H groups in total. The van der Waals surface area contributed by atoms with Gasteiger partial charge in [0, 0.05) is 18.6 Å². The van der Waals surface area contributed by atoms with Gasteiger partial charge in [-0.25, -0.2) is 0 Å². The van der Waals surface area contributed by atoms with Crippen LogP contribution in [0, 0.1) is 0 Å². The number of nitrogens with two attached hydrogens (primary N) is 1. The molecule has 1 aliphatic carbocycles. The standard InChI is InChI=1S/C16H23N3OS/c1-11(19(2)13-8-9-13)10-18-16(20)14(15(17)21)12-6-4-3-5-7-12/h3-7,11,13-14H,8-10H2,1-2H3,(H2,17,21)(H,18,20). The molecule has 0 bridgehead atoms. The first-order valence-corrected chi connectivity index (χ1v) is 7.75. The molecule has 0 spiro atoms. The van der Waals surface area contributed by atoms with Gasteiger partial charge in [0.05, 0.1) is 4.99 Å². The highest BCUT2D eigenvalue weighted by atomic mass is 32.1. The fourth-order valence-corrected chi connectivity index (χ4v) is 2.67. The summed E-state index contributed by atoms with van der Waals surface area (Å²) >= 11 is 5.06. The second kappa shape index (κ2) is 7.00. The quantitative estimate of drug-likeness (QED) is 0.752. The Morgan fingerprint density at radius 2 is 2.05 bits per heavy atom. The van der Waals surface area contributed by atoms with Crippen molar-refractivity contribution in [1.82, 2.24) is 10.2 Å². The topological polar surface area (TPSA) is 58.4 Å². The van der Waals surface area contributed by atoms with Gasteiger partial charge in [-0.15, -0.1) is 0 Å². The molecule has 0 saturated heterocycles. The maximum Gasteiger partial charge on any atom is 0.234 e. The zero-order valence-electron chi connectivity index (χ0n) is 12.6. The van der Waals surface area contributed by atoms with Crippen molar-refractivity contribution in [3.05, 3.63) is 35.9 Å². The van der Waals surface area contributed by atoms with Gasteiger partial charge in [0.25, 0.3) is 0 Å². The minimum absolute atomic E-state index is 0.121. The SMILES string of the molecule is CC(CNC(=O)C(C(N)=S)c1ccccc1)N(C)C1CC1. The van der Waals surface area contributed by atoms with Crippen LogP contribution in [-0.4, -0.2) is 41.5 Å². The Balaban J connectivity index is 1.94. The summed E-state index contributed by atoms with van der Waals surface area (Å²) in [7, 11) is 2.11. The average molecular weight is 305 g/mol. The maximum atomic E-state index is 12.4. The molecule has 1 aromatic rings. The summed E-state index contributed by atoms with van der Waals surface area (Å²) in [5.74, 6) is -0.677. The Morgan fingerprint density at radius 1 is 1.43 bits per heavy atom. The van der Waals surface area contributed by atoms with Crippen molar-refractivity contribution in [3.8, 4) is 0 Å². The van der Waals surface area contributed by atoms with Crippen LogP contribution in [0.15, 0.2) is 30.3 Å². The lowest BCUT2D eigenvalue weighted by Gasteiger charge is -2.25.